The first-order valence-corrected chi connectivity index (χ1v) is 7.98. The Labute approximate surface area is 141 Å². The van der Waals surface area contributed by atoms with Crippen LogP contribution >= 0.6 is 12.2 Å². The summed E-state index contributed by atoms with van der Waals surface area (Å²) in [5.41, 5.74) is 4.64. The standard InChI is InChI=1S/C18H20N2O2S/c1-11-4-6-15(12(2)8-11)13(3)19-18(23)20-14-5-7-16-17(9-14)22-10-21-16/h4-9,13H,10H2,1-3H3,(H2,19,20,23)/t13-/m1/s1. The molecule has 3 rings (SSSR count). The summed E-state index contributed by atoms with van der Waals surface area (Å²) in [6.07, 6.45) is 0. The highest BCUT2D eigenvalue weighted by Crippen LogP contribution is 2.34. The van der Waals surface area contributed by atoms with Crippen LogP contribution in [0, 0.1) is 13.8 Å². The maximum atomic E-state index is 5.42. The van der Waals surface area contributed by atoms with E-state index in [1.54, 1.807) is 0 Å². The molecule has 0 spiro atoms. The number of rotatable bonds is 3. The third kappa shape index (κ3) is 3.56. The van der Waals surface area contributed by atoms with Crippen molar-refractivity contribution in [2.75, 3.05) is 12.1 Å². The molecule has 0 saturated heterocycles. The van der Waals surface area contributed by atoms with E-state index < -0.39 is 0 Å². The maximum Gasteiger partial charge on any atom is 0.231 e. The van der Waals surface area contributed by atoms with Gasteiger partial charge in [0.05, 0.1) is 6.04 Å². The summed E-state index contributed by atoms with van der Waals surface area (Å²) in [6.45, 7) is 6.59. The molecule has 0 aliphatic carbocycles. The van der Waals surface area contributed by atoms with Crippen LogP contribution in [-0.2, 0) is 0 Å². The summed E-state index contributed by atoms with van der Waals surface area (Å²) in [7, 11) is 0. The van der Waals surface area contributed by atoms with Gasteiger partial charge in [-0.05, 0) is 56.2 Å². The minimum atomic E-state index is 0.129. The Morgan fingerprint density at radius 2 is 1.87 bits per heavy atom. The fraction of sp³-hybridized carbons (Fsp3) is 0.278. The van der Waals surface area contributed by atoms with E-state index in [4.69, 9.17) is 21.7 Å². The van der Waals surface area contributed by atoms with Gasteiger partial charge in [-0.1, -0.05) is 23.8 Å². The average Bonchev–Trinajstić information content (AvgIpc) is 2.94. The van der Waals surface area contributed by atoms with E-state index in [1.807, 2.05) is 18.2 Å². The normalized spacial score (nSPS) is 13.5. The van der Waals surface area contributed by atoms with Gasteiger partial charge in [-0.3, -0.25) is 0 Å². The molecule has 2 aromatic rings. The van der Waals surface area contributed by atoms with Crippen molar-refractivity contribution in [3.63, 3.8) is 0 Å². The van der Waals surface area contributed by atoms with E-state index >= 15 is 0 Å². The zero-order chi connectivity index (χ0) is 16.4. The topological polar surface area (TPSA) is 42.5 Å². The Morgan fingerprint density at radius 3 is 2.65 bits per heavy atom. The van der Waals surface area contributed by atoms with E-state index in [1.165, 1.54) is 16.7 Å². The van der Waals surface area contributed by atoms with Gasteiger partial charge in [-0.2, -0.15) is 0 Å². The molecule has 0 unspecified atom stereocenters. The molecule has 0 aromatic heterocycles. The lowest BCUT2D eigenvalue weighted by molar-refractivity contribution is 0.174. The number of ether oxygens (including phenoxy) is 2. The number of fused-ring (bicyclic) bond motifs is 1. The molecule has 0 radical (unpaired) electrons. The number of aryl methyl sites for hydroxylation is 2. The van der Waals surface area contributed by atoms with Crippen molar-refractivity contribution in [2.45, 2.75) is 26.8 Å². The molecule has 1 atom stereocenters. The largest absolute Gasteiger partial charge is 0.454 e. The van der Waals surface area contributed by atoms with Crippen LogP contribution in [0.3, 0.4) is 0 Å². The van der Waals surface area contributed by atoms with Crippen LogP contribution in [0.4, 0.5) is 5.69 Å². The predicted molar refractivity (Wildman–Crippen MR) is 96.3 cm³/mol. The molecule has 2 N–H and O–H groups in total. The summed E-state index contributed by atoms with van der Waals surface area (Å²) in [5.74, 6) is 1.50. The van der Waals surface area contributed by atoms with Gasteiger partial charge in [-0.25, -0.2) is 0 Å². The maximum absolute atomic E-state index is 5.42. The first-order chi connectivity index (χ1) is 11.0. The van der Waals surface area contributed by atoms with Gasteiger partial charge >= 0.3 is 0 Å². The monoisotopic (exact) mass is 328 g/mol. The molecule has 0 saturated carbocycles. The Hall–Kier alpha value is -2.27. The van der Waals surface area contributed by atoms with Crippen LogP contribution < -0.4 is 20.1 Å². The lowest BCUT2D eigenvalue weighted by Gasteiger charge is -2.19. The van der Waals surface area contributed by atoms with Crippen molar-refractivity contribution < 1.29 is 9.47 Å². The smallest absolute Gasteiger partial charge is 0.231 e. The third-order valence-corrected chi connectivity index (χ3v) is 4.09. The fourth-order valence-corrected chi connectivity index (χ4v) is 3.02. The molecule has 120 valence electrons. The summed E-state index contributed by atoms with van der Waals surface area (Å²) in [6, 6.07) is 12.3. The average molecular weight is 328 g/mol. The van der Waals surface area contributed by atoms with Gasteiger partial charge < -0.3 is 20.1 Å². The number of nitrogens with one attached hydrogen (secondary N) is 2. The molecule has 1 aliphatic heterocycles. The van der Waals surface area contributed by atoms with Crippen LogP contribution in [0.5, 0.6) is 11.5 Å². The van der Waals surface area contributed by atoms with E-state index in [-0.39, 0.29) is 12.8 Å². The highest BCUT2D eigenvalue weighted by Gasteiger charge is 2.14. The van der Waals surface area contributed by atoms with E-state index in [0.29, 0.717) is 5.11 Å². The number of benzene rings is 2. The van der Waals surface area contributed by atoms with Crippen molar-refractivity contribution >= 4 is 23.0 Å². The lowest BCUT2D eigenvalue weighted by Crippen LogP contribution is -2.31. The van der Waals surface area contributed by atoms with Crippen LogP contribution in [0.15, 0.2) is 36.4 Å². The molecular weight excluding hydrogens is 308 g/mol. The Balaban J connectivity index is 1.64. The molecule has 1 aliphatic rings. The third-order valence-electron chi connectivity index (χ3n) is 3.87. The minimum absolute atomic E-state index is 0.129. The van der Waals surface area contributed by atoms with Crippen molar-refractivity contribution in [1.82, 2.24) is 5.32 Å². The molecule has 0 fully saturated rings. The highest BCUT2D eigenvalue weighted by atomic mass is 32.1. The van der Waals surface area contributed by atoms with Crippen LogP contribution in [0.2, 0.25) is 0 Å². The fourth-order valence-electron chi connectivity index (χ4n) is 2.73. The highest BCUT2D eigenvalue weighted by molar-refractivity contribution is 7.80. The lowest BCUT2D eigenvalue weighted by atomic mass is 10.0. The van der Waals surface area contributed by atoms with Crippen LogP contribution in [-0.4, -0.2) is 11.9 Å². The molecule has 0 amide bonds. The van der Waals surface area contributed by atoms with Crippen molar-refractivity contribution in [1.29, 1.82) is 0 Å². The second-order valence-electron chi connectivity index (χ2n) is 5.75. The van der Waals surface area contributed by atoms with Gasteiger partial charge in [0.1, 0.15) is 0 Å². The van der Waals surface area contributed by atoms with Gasteiger partial charge in [0.2, 0.25) is 6.79 Å². The van der Waals surface area contributed by atoms with Gasteiger partial charge in [-0.15, -0.1) is 0 Å². The number of anilines is 1. The molecule has 0 bridgehead atoms. The van der Waals surface area contributed by atoms with E-state index in [0.717, 1.165) is 17.2 Å². The number of hydrogen-bond donors (Lipinski definition) is 2. The number of hydrogen-bond acceptors (Lipinski definition) is 3. The van der Waals surface area contributed by atoms with Crippen molar-refractivity contribution in [3.8, 4) is 11.5 Å². The Kier molecular flexibility index (Phi) is 4.39. The second-order valence-corrected chi connectivity index (χ2v) is 6.16. The van der Waals surface area contributed by atoms with Crippen LogP contribution in [0.25, 0.3) is 0 Å². The zero-order valence-electron chi connectivity index (χ0n) is 13.5. The summed E-state index contributed by atoms with van der Waals surface area (Å²) in [4.78, 5) is 0. The molecule has 4 nitrogen and oxygen atoms in total. The molecule has 1 heterocycles. The molecular formula is C18H20N2O2S. The first-order valence-electron chi connectivity index (χ1n) is 7.57. The summed E-state index contributed by atoms with van der Waals surface area (Å²) < 4.78 is 10.7. The quantitative estimate of drug-likeness (QED) is 0.831. The Morgan fingerprint density at radius 1 is 1.09 bits per heavy atom. The molecule has 5 heteroatoms. The summed E-state index contributed by atoms with van der Waals surface area (Å²) in [5, 5.41) is 7.09. The number of thiocarbonyl (C=S) groups is 1. The SMILES string of the molecule is Cc1ccc([C@@H](C)NC(=S)Nc2ccc3c(c2)OCO3)c(C)c1. The molecule has 2 aromatic carbocycles. The zero-order valence-corrected chi connectivity index (χ0v) is 14.3. The van der Waals surface area contributed by atoms with Crippen LogP contribution in [0.1, 0.15) is 29.7 Å². The Bertz CT molecular complexity index is 746. The minimum Gasteiger partial charge on any atom is -0.454 e. The predicted octanol–water partition coefficient (Wildman–Crippen LogP) is 4.08. The van der Waals surface area contributed by atoms with E-state index in [9.17, 15) is 0 Å². The molecule has 23 heavy (non-hydrogen) atoms. The van der Waals surface area contributed by atoms with Gasteiger partial charge in [0.25, 0.3) is 0 Å². The van der Waals surface area contributed by atoms with Gasteiger partial charge in [0, 0.05) is 11.8 Å². The second kappa shape index (κ2) is 6.46. The van der Waals surface area contributed by atoms with Crippen molar-refractivity contribution in [2.24, 2.45) is 0 Å². The van der Waals surface area contributed by atoms with Gasteiger partial charge in [0.15, 0.2) is 16.6 Å². The van der Waals surface area contributed by atoms with Crippen molar-refractivity contribution in [3.05, 3.63) is 53.1 Å². The first kappa shape index (κ1) is 15.6. The van der Waals surface area contributed by atoms with E-state index in [2.05, 4.69) is 49.6 Å². The summed E-state index contributed by atoms with van der Waals surface area (Å²) >= 11 is 5.42.